The molecule has 4 nitrogen and oxygen atoms in total. The molecule has 1 atom stereocenters. The lowest BCUT2D eigenvalue weighted by molar-refractivity contribution is -0.152. The average Bonchev–Trinajstić information content (AvgIpc) is 2.25. The molecular formula is C12H25NO3. The molecule has 1 N–H and O–H groups in total. The Morgan fingerprint density at radius 1 is 1.31 bits per heavy atom. The number of carboxylic acids is 1. The Morgan fingerprint density at radius 3 is 2.12 bits per heavy atom. The van der Waals surface area contributed by atoms with Crippen LogP contribution in [0, 0.1) is 0 Å². The van der Waals surface area contributed by atoms with E-state index in [-0.39, 0.29) is 0 Å². The van der Waals surface area contributed by atoms with Gasteiger partial charge in [0.2, 0.25) is 0 Å². The highest BCUT2D eigenvalue weighted by Gasteiger charge is 2.38. The zero-order valence-corrected chi connectivity index (χ0v) is 11.0. The normalized spacial score (nSPS) is 15.1. The summed E-state index contributed by atoms with van der Waals surface area (Å²) in [5, 5.41) is 9.39. The Hall–Kier alpha value is -0.610. The van der Waals surface area contributed by atoms with Gasteiger partial charge in [-0.3, -0.25) is 9.69 Å². The van der Waals surface area contributed by atoms with Crippen LogP contribution in [-0.2, 0) is 9.53 Å². The molecule has 0 saturated heterocycles. The first-order chi connectivity index (χ1) is 7.52. The van der Waals surface area contributed by atoms with Crippen LogP contribution in [0.25, 0.3) is 0 Å². The second kappa shape index (κ2) is 7.63. The highest BCUT2D eigenvalue weighted by atomic mass is 16.5. The molecule has 0 saturated carbocycles. The standard InChI is InChI=1S/C12H25NO3/c1-5-8-13(9-6-2)12(3,11(14)15)7-10-16-4/h5-10H2,1-4H3,(H,14,15). The SMILES string of the molecule is CCCN(CCC)C(C)(CCOC)C(=O)O. The number of rotatable bonds is 9. The quantitative estimate of drug-likeness (QED) is 0.659. The fourth-order valence-corrected chi connectivity index (χ4v) is 1.85. The van der Waals surface area contributed by atoms with Gasteiger partial charge in [-0.25, -0.2) is 0 Å². The minimum atomic E-state index is -0.804. The molecule has 0 fully saturated rings. The fraction of sp³-hybridized carbons (Fsp3) is 0.917. The molecule has 0 aliphatic heterocycles. The van der Waals surface area contributed by atoms with Gasteiger partial charge in [-0.1, -0.05) is 13.8 Å². The minimum Gasteiger partial charge on any atom is -0.480 e. The van der Waals surface area contributed by atoms with Gasteiger partial charge < -0.3 is 9.84 Å². The van der Waals surface area contributed by atoms with E-state index in [1.54, 1.807) is 14.0 Å². The Morgan fingerprint density at radius 2 is 1.81 bits per heavy atom. The summed E-state index contributed by atoms with van der Waals surface area (Å²) < 4.78 is 5.00. The number of hydrogen-bond acceptors (Lipinski definition) is 3. The van der Waals surface area contributed by atoms with Gasteiger partial charge in [0.05, 0.1) is 0 Å². The molecule has 0 aliphatic carbocycles. The zero-order chi connectivity index (χ0) is 12.6. The first-order valence-electron chi connectivity index (χ1n) is 6.00. The first kappa shape index (κ1) is 15.4. The summed E-state index contributed by atoms with van der Waals surface area (Å²) in [6, 6.07) is 0. The van der Waals surface area contributed by atoms with E-state index < -0.39 is 11.5 Å². The van der Waals surface area contributed by atoms with E-state index >= 15 is 0 Å². The summed E-state index contributed by atoms with van der Waals surface area (Å²) in [5.41, 5.74) is -0.804. The topological polar surface area (TPSA) is 49.8 Å². The second-order valence-electron chi connectivity index (χ2n) is 4.31. The number of aliphatic carboxylic acids is 1. The minimum absolute atomic E-state index is 0.479. The summed E-state index contributed by atoms with van der Waals surface area (Å²) in [4.78, 5) is 13.5. The smallest absolute Gasteiger partial charge is 0.323 e. The molecule has 96 valence electrons. The van der Waals surface area contributed by atoms with Crippen molar-refractivity contribution in [3.63, 3.8) is 0 Å². The lowest BCUT2D eigenvalue weighted by Crippen LogP contribution is -2.53. The molecule has 0 heterocycles. The molecular weight excluding hydrogens is 206 g/mol. The van der Waals surface area contributed by atoms with Crippen molar-refractivity contribution in [2.24, 2.45) is 0 Å². The van der Waals surface area contributed by atoms with Crippen molar-refractivity contribution >= 4 is 5.97 Å². The van der Waals surface area contributed by atoms with Crippen molar-refractivity contribution in [1.29, 1.82) is 0 Å². The number of carbonyl (C=O) groups is 1. The van der Waals surface area contributed by atoms with Gasteiger partial charge >= 0.3 is 5.97 Å². The van der Waals surface area contributed by atoms with Gasteiger partial charge in [-0.2, -0.15) is 0 Å². The van der Waals surface area contributed by atoms with Crippen molar-refractivity contribution in [3.8, 4) is 0 Å². The maximum Gasteiger partial charge on any atom is 0.323 e. The van der Waals surface area contributed by atoms with Crippen LogP contribution in [0.4, 0.5) is 0 Å². The molecule has 0 radical (unpaired) electrons. The van der Waals surface area contributed by atoms with E-state index in [2.05, 4.69) is 13.8 Å². The first-order valence-corrected chi connectivity index (χ1v) is 6.00. The van der Waals surface area contributed by atoms with Gasteiger partial charge in [0.15, 0.2) is 0 Å². The zero-order valence-electron chi connectivity index (χ0n) is 11.0. The van der Waals surface area contributed by atoms with Crippen molar-refractivity contribution in [1.82, 2.24) is 4.90 Å². The molecule has 0 bridgehead atoms. The third-order valence-corrected chi connectivity index (χ3v) is 2.94. The Kier molecular flexibility index (Phi) is 7.34. The van der Waals surface area contributed by atoms with E-state index in [0.29, 0.717) is 13.0 Å². The number of carboxylic acid groups (broad SMARTS) is 1. The van der Waals surface area contributed by atoms with Crippen molar-refractivity contribution in [3.05, 3.63) is 0 Å². The molecule has 4 heteroatoms. The lowest BCUT2D eigenvalue weighted by Gasteiger charge is -2.37. The van der Waals surface area contributed by atoms with Gasteiger partial charge in [0, 0.05) is 13.7 Å². The maximum absolute atomic E-state index is 11.4. The maximum atomic E-state index is 11.4. The Balaban J connectivity index is 4.72. The largest absolute Gasteiger partial charge is 0.480 e. The van der Waals surface area contributed by atoms with Gasteiger partial charge in [-0.15, -0.1) is 0 Å². The molecule has 16 heavy (non-hydrogen) atoms. The van der Waals surface area contributed by atoms with Crippen LogP contribution in [0.1, 0.15) is 40.0 Å². The van der Waals surface area contributed by atoms with E-state index in [4.69, 9.17) is 4.74 Å². The van der Waals surface area contributed by atoms with Crippen LogP contribution in [0.15, 0.2) is 0 Å². The van der Waals surface area contributed by atoms with Gasteiger partial charge in [0.25, 0.3) is 0 Å². The number of hydrogen-bond donors (Lipinski definition) is 1. The third kappa shape index (κ3) is 4.10. The number of ether oxygens (including phenoxy) is 1. The summed E-state index contributed by atoms with van der Waals surface area (Å²) >= 11 is 0. The molecule has 0 spiro atoms. The van der Waals surface area contributed by atoms with Crippen LogP contribution in [-0.4, -0.2) is 48.3 Å². The van der Waals surface area contributed by atoms with E-state index in [1.807, 2.05) is 4.90 Å². The third-order valence-electron chi connectivity index (χ3n) is 2.94. The van der Waals surface area contributed by atoms with Crippen LogP contribution in [0.5, 0.6) is 0 Å². The lowest BCUT2D eigenvalue weighted by atomic mass is 9.95. The van der Waals surface area contributed by atoms with Gasteiger partial charge in [0.1, 0.15) is 5.54 Å². The van der Waals surface area contributed by atoms with E-state index in [0.717, 1.165) is 25.9 Å². The molecule has 0 aliphatic rings. The molecule has 0 aromatic heterocycles. The second-order valence-corrected chi connectivity index (χ2v) is 4.31. The Bertz CT molecular complexity index is 202. The molecule has 0 amide bonds. The molecule has 0 rings (SSSR count). The predicted octanol–water partition coefficient (Wildman–Crippen LogP) is 1.99. The molecule has 0 aromatic carbocycles. The predicted molar refractivity (Wildman–Crippen MR) is 64.7 cm³/mol. The highest BCUT2D eigenvalue weighted by molar-refractivity contribution is 5.78. The van der Waals surface area contributed by atoms with Crippen LogP contribution in [0.2, 0.25) is 0 Å². The van der Waals surface area contributed by atoms with Crippen LogP contribution in [0.3, 0.4) is 0 Å². The van der Waals surface area contributed by atoms with Crippen molar-refractivity contribution in [2.75, 3.05) is 26.8 Å². The molecule has 0 aromatic rings. The molecule has 1 unspecified atom stereocenters. The summed E-state index contributed by atoms with van der Waals surface area (Å²) in [6.45, 7) is 8.05. The van der Waals surface area contributed by atoms with Gasteiger partial charge in [-0.05, 0) is 39.3 Å². The van der Waals surface area contributed by atoms with E-state index in [1.165, 1.54) is 0 Å². The van der Waals surface area contributed by atoms with Crippen LogP contribution >= 0.6 is 0 Å². The Labute approximate surface area is 98.6 Å². The van der Waals surface area contributed by atoms with Crippen molar-refractivity contribution in [2.45, 2.75) is 45.6 Å². The fourth-order valence-electron chi connectivity index (χ4n) is 1.85. The number of methoxy groups -OCH3 is 1. The average molecular weight is 231 g/mol. The summed E-state index contributed by atoms with van der Waals surface area (Å²) in [5.74, 6) is -0.758. The highest BCUT2D eigenvalue weighted by Crippen LogP contribution is 2.21. The van der Waals surface area contributed by atoms with Crippen molar-refractivity contribution < 1.29 is 14.6 Å². The monoisotopic (exact) mass is 231 g/mol. The van der Waals surface area contributed by atoms with E-state index in [9.17, 15) is 9.90 Å². The van der Waals surface area contributed by atoms with Crippen LogP contribution < -0.4 is 0 Å². The summed E-state index contributed by atoms with van der Waals surface area (Å²) in [6.07, 6.45) is 2.46. The summed E-state index contributed by atoms with van der Waals surface area (Å²) in [7, 11) is 1.60. The number of nitrogens with zero attached hydrogens (tertiary/aromatic N) is 1.